The molecule has 2 N–H and O–H groups in total. The van der Waals surface area contributed by atoms with E-state index in [0.717, 1.165) is 21.3 Å². The van der Waals surface area contributed by atoms with Gasteiger partial charge in [0.15, 0.2) is 0 Å². The van der Waals surface area contributed by atoms with Crippen LogP contribution in [0.4, 0.5) is 0 Å². The Labute approximate surface area is 152 Å². The van der Waals surface area contributed by atoms with E-state index in [1.54, 1.807) is 22.9 Å². The van der Waals surface area contributed by atoms with Crippen molar-refractivity contribution < 1.29 is 4.79 Å². The van der Waals surface area contributed by atoms with Crippen molar-refractivity contribution in [3.63, 3.8) is 0 Å². The van der Waals surface area contributed by atoms with Gasteiger partial charge in [0, 0.05) is 19.4 Å². The first-order chi connectivity index (χ1) is 12.7. The molecule has 0 spiro atoms. The highest BCUT2D eigenvalue weighted by atomic mass is 32.1. The summed E-state index contributed by atoms with van der Waals surface area (Å²) in [7, 11) is 0. The second-order valence-corrected chi connectivity index (χ2v) is 6.78. The Morgan fingerprint density at radius 3 is 2.88 bits per heavy atom. The van der Waals surface area contributed by atoms with Crippen molar-refractivity contribution in [3.8, 4) is 0 Å². The van der Waals surface area contributed by atoms with Crippen LogP contribution in [0.2, 0.25) is 0 Å². The largest absolute Gasteiger partial charge is 0.352 e. The van der Waals surface area contributed by atoms with E-state index in [0.29, 0.717) is 24.2 Å². The van der Waals surface area contributed by atoms with Crippen LogP contribution in [0.5, 0.6) is 0 Å². The normalized spacial score (nSPS) is 11.1. The van der Waals surface area contributed by atoms with E-state index in [1.165, 1.54) is 0 Å². The number of amides is 1. The fourth-order valence-corrected chi connectivity index (χ4v) is 3.64. The van der Waals surface area contributed by atoms with Crippen LogP contribution in [-0.2, 0) is 17.8 Å². The first-order valence-corrected chi connectivity index (χ1v) is 9.14. The third-order valence-corrected chi connectivity index (χ3v) is 5.09. The van der Waals surface area contributed by atoms with Crippen LogP contribution in [0.1, 0.15) is 17.7 Å². The number of aromatic amines is 1. The fourth-order valence-electron chi connectivity index (χ4n) is 2.84. The topological polar surface area (TPSA) is 87.7 Å². The molecule has 2 aromatic heterocycles. The molecule has 0 aliphatic rings. The number of carbonyl (C=O) groups excluding carboxylic acids is 1. The van der Waals surface area contributed by atoms with Gasteiger partial charge in [0.25, 0.3) is 5.56 Å². The van der Waals surface area contributed by atoms with E-state index < -0.39 is 0 Å². The average Bonchev–Trinajstić information content (AvgIpc) is 3.14. The Bertz CT molecular complexity index is 1150. The standard InChI is InChI=1S/C19H16N4O2S/c24-17(20-10-12-4-3-7-15-18(12)26-11-21-15)9-8-16-19(25)23-14-6-2-1-5-13(14)22-16/h1-7,11H,8-10H2,(H,20,24)(H,23,25). The average molecular weight is 364 g/mol. The zero-order valence-corrected chi connectivity index (χ0v) is 14.7. The molecule has 0 unspecified atom stereocenters. The number of thiazole rings is 1. The molecule has 130 valence electrons. The maximum atomic E-state index is 12.2. The molecule has 0 atom stereocenters. The molecule has 2 aromatic carbocycles. The number of nitrogens with zero attached hydrogens (tertiary/aromatic N) is 2. The van der Waals surface area contributed by atoms with E-state index >= 15 is 0 Å². The molecule has 4 rings (SSSR count). The van der Waals surface area contributed by atoms with Gasteiger partial charge in [-0.05, 0) is 23.8 Å². The zero-order chi connectivity index (χ0) is 17.9. The van der Waals surface area contributed by atoms with Crippen LogP contribution in [-0.4, -0.2) is 20.9 Å². The Morgan fingerprint density at radius 1 is 1.12 bits per heavy atom. The number of aromatic nitrogens is 3. The number of benzene rings is 2. The number of H-pyrrole nitrogens is 1. The molecule has 0 saturated carbocycles. The van der Waals surface area contributed by atoms with E-state index in [2.05, 4.69) is 20.3 Å². The summed E-state index contributed by atoms with van der Waals surface area (Å²) in [5.41, 5.74) is 5.33. The lowest BCUT2D eigenvalue weighted by Gasteiger charge is -2.06. The quantitative estimate of drug-likeness (QED) is 0.570. The molecule has 26 heavy (non-hydrogen) atoms. The maximum absolute atomic E-state index is 12.2. The monoisotopic (exact) mass is 364 g/mol. The molecule has 0 saturated heterocycles. The minimum absolute atomic E-state index is 0.110. The van der Waals surface area contributed by atoms with Crippen LogP contribution in [0, 0.1) is 0 Å². The van der Waals surface area contributed by atoms with E-state index in [1.807, 2.05) is 36.4 Å². The van der Waals surface area contributed by atoms with Crippen LogP contribution in [0.25, 0.3) is 21.3 Å². The van der Waals surface area contributed by atoms with Crippen LogP contribution < -0.4 is 10.9 Å². The second kappa shape index (κ2) is 7.05. The third-order valence-electron chi connectivity index (χ3n) is 4.17. The van der Waals surface area contributed by atoms with Crippen molar-refractivity contribution >= 4 is 38.5 Å². The first-order valence-electron chi connectivity index (χ1n) is 8.26. The summed E-state index contributed by atoms with van der Waals surface area (Å²) in [5, 5.41) is 2.91. The zero-order valence-electron chi connectivity index (χ0n) is 13.9. The number of nitrogens with one attached hydrogen (secondary N) is 2. The molecule has 0 fully saturated rings. The molecule has 2 heterocycles. The molecule has 1 amide bonds. The van der Waals surface area contributed by atoms with E-state index in [-0.39, 0.29) is 17.9 Å². The molecule has 0 radical (unpaired) electrons. The number of aryl methyl sites for hydroxylation is 1. The molecular formula is C19H16N4O2S. The van der Waals surface area contributed by atoms with Gasteiger partial charge in [-0.15, -0.1) is 11.3 Å². The fraction of sp³-hybridized carbons (Fsp3) is 0.158. The number of hydrogen-bond acceptors (Lipinski definition) is 5. The predicted molar refractivity (Wildman–Crippen MR) is 102 cm³/mol. The number of rotatable bonds is 5. The lowest BCUT2D eigenvalue weighted by atomic mass is 10.2. The predicted octanol–water partition coefficient (Wildman–Crippen LogP) is 2.78. The SMILES string of the molecule is O=C(CCc1nc2ccccc2[nH]c1=O)NCc1cccc2ncsc12. The molecule has 7 heteroatoms. The summed E-state index contributed by atoms with van der Waals surface area (Å²) in [6, 6.07) is 13.2. The summed E-state index contributed by atoms with van der Waals surface area (Å²) < 4.78 is 1.08. The van der Waals surface area contributed by atoms with Crippen molar-refractivity contribution in [3.05, 3.63) is 69.6 Å². The second-order valence-electron chi connectivity index (χ2n) is 5.92. The van der Waals surface area contributed by atoms with Crippen LogP contribution in [0.3, 0.4) is 0 Å². The summed E-state index contributed by atoms with van der Waals surface area (Å²) in [6.07, 6.45) is 0.518. The van der Waals surface area contributed by atoms with E-state index in [9.17, 15) is 9.59 Å². The van der Waals surface area contributed by atoms with Gasteiger partial charge in [0.1, 0.15) is 5.69 Å². The number of para-hydroxylation sites is 2. The van der Waals surface area contributed by atoms with Crippen LogP contribution >= 0.6 is 11.3 Å². The minimum Gasteiger partial charge on any atom is -0.352 e. The van der Waals surface area contributed by atoms with Gasteiger partial charge in [-0.1, -0.05) is 24.3 Å². The van der Waals surface area contributed by atoms with Gasteiger partial charge in [0.05, 0.1) is 26.8 Å². The highest BCUT2D eigenvalue weighted by molar-refractivity contribution is 7.16. The molecule has 0 aliphatic heterocycles. The molecular weight excluding hydrogens is 348 g/mol. The summed E-state index contributed by atoms with van der Waals surface area (Å²) >= 11 is 1.56. The van der Waals surface area contributed by atoms with Crippen molar-refractivity contribution in [2.24, 2.45) is 0 Å². The van der Waals surface area contributed by atoms with Gasteiger partial charge in [-0.25, -0.2) is 9.97 Å². The highest BCUT2D eigenvalue weighted by Gasteiger charge is 2.09. The lowest BCUT2D eigenvalue weighted by Crippen LogP contribution is -2.24. The Kier molecular flexibility index (Phi) is 4.45. The number of fused-ring (bicyclic) bond motifs is 2. The Morgan fingerprint density at radius 2 is 1.96 bits per heavy atom. The van der Waals surface area contributed by atoms with Gasteiger partial charge in [-0.2, -0.15) is 0 Å². The van der Waals surface area contributed by atoms with Gasteiger partial charge >= 0.3 is 0 Å². The lowest BCUT2D eigenvalue weighted by molar-refractivity contribution is -0.121. The van der Waals surface area contributed by atoms with Crippen molar-refractivity contribution in [2.75, 3.05) is 0 Å². The summed E-state index contributed by atoms with van der Waals surface area (Å²) in [4.78, 5) is 35.7. The first kappa shape index (κ1) is 16.4. The Hall–Kier alpha value is -3.06. The molecule has 0 bridgehead atoms. The number of hydrogen-bond donors (Lipinski definition) is 2. The third kappa shape index (κ3) is 3.34. The Balaban J connectivity index is 1.40. The van der Waals surface area contributed by atoms with Gasteiger partial charge < -0.3 is 10.3 Å². The summed E-state index contributed by atoms with van der Waals surface area (Å²) in [6.45, 7) is 0.444. The van der Waals surface area contributed by atoms with Crippen molar-refractivity contribution in [2.45, 2.75) is 19.4 Å². The van der Waals surface area contributed by atoms with Crippen LogP contribution in [0.15, 0.2) is 52.8 Å². The molecule has 6 nitrogen and oxygen atoms in total. The minimum atomic E-state index is -0.245. The number of carbonyl (C=O) groups is 1. The highest BCUT2D eigenvalue weighted by Crippen LogP contribution is 2.21. The molecule has 4 aromatic rings. The summed E-state index contributed by atoms with van der Waals surface area (Å²) in [5.74, 6) is -0.110. The van der Waals surface area contributed by atoms with E-state index in [4.69, 9.17) is 0 Å². The molecule has 0 aliphatic carbocycles. The van der Waals surface area contributed by atoms with Gasteiger partial charge in [-0.3, -0.25) is 9.59 Å². The van der Waals surface area contributed by atoms with Crippen molar-refractivity contribution in [1.82, 2.24) is 20.3 Å². The van der Waals surface area contributed by atoms with Crippen molar-refractivity contribution in [1.29, 1.82) is 0 Å². The maximum Gasteiger partial charge on any atom is 0.270 e. The smallest absolute Gasteiger partial charge is 0.270 e. The van der Waals surface area contributed by atoms with Gasteiger partial charge in [0.2, 0.25) is 5.91 Å².